The Labute approximate surface area is 461 Å². The number of allylic oxidation sites excluding steroid dienone is 4. The van der Waals surface area contributed by atoms with E-state index in [1.807, 2.05) is 52.8 Å². The molecule has 80 heavy (non-hydrogen) atoms. The summed E-state index contributed by atoms with van der Waals surface area (Å²) in [7, 11) is -26.1. The number of imidazole rings is 1. The first-order chi connectivity index (χ1) is 37.3. The van der Waals surface area contributed by atoms with Crippen molar-refractivity contribution in [2.75, 3.05) is 43.0 Å². The minimum absolute atomic E-state index is 0.0692. The Balaban J connectivity index is 0.856. The summed E-state index contributed by atoms with van der Waals surface area (Å²) in [4.78, 5) is 63.7. The SMILES string of the molecule is CCN1/C(=C/C=C/C2=[N+](CCCCCC(=O)NCCCCCCNc3ncnc4c3ncn4[C@@H]3O[C@H](COP(=O)(O)OP(=O)(O)OP(=O)(O)O)[C@@H](O)[C@H]3O)c3ccc(S(=O)(=O)O)cc3C2(C)C)C(C)(C)c2cc(S(=O)(=O)[O-])ccc21. The predicted molar refractivity (Wildman–Crippen MR) is 286 cm³/mol. The van der Waals surface area contributed by atoms with Crippen LogP contribution in [0.3, 0.4) is 0 Å². The number of aliphatic hydroxyl groups is 2. The Kier molecular flexibility index (Phi) is 19.4. The normalized spacial score (nSPS) is 22.0. The van der Waals surface area contributed by atoms with Gasteiger partial charge in [0.2, 0.25) is 11.6 Å². The van der Waals surface area contributed by atoms with E-state index in [1.54, 1.807) is 12.1 Å². The monoisotopic (exact) mass is 1220 g/mol. The van der Waals surface area contributed by atoms with Crippen LogP contribution in [0.5, 0.6) is 0 Å². The van der Waals surface area contributed by atoms with Gasteiger partial charge in [0, 0.05) is 67.0 Å². The summed E-state index contributed by atoms with van der Waals surface area (Å²) in [5.74, 6) is 0.285. The quantitative estimate of drug-likeness (QED) is 0.0165. The van der Waals surface area contributed by atoms with E-state index < -0.39 is 85.7 Å². The number of ether oxygens (including phenoxy) is 1. The summed E-state index contributed by atoms with van der Waals surface area (Å²) in [5.41, 5.74) is 3.91. The van der Waals surface area contributed by atoms with E-state index in [2.05, 4.69) is 48.2 Å². The van der Waals surface area contributed by atoms with E-state index in [1.165, 1.54) is 41.5 Å². The van der Waals surface area contributed by atoms with E-state index in [0.29, 0.717) is 62.4 Å². The van der Waals surface area contributed by atoms with Gasteiger partial charge in [-0.1, -0.05) is 32.8 Å². The van der Waals surface area contributed by atoms with Gasteiger partial charge < -0.3 is 54.6 Å². The van der Waals surface area contributed by atoms with Crippen LogP contribution in [-0.4, -0.2) is 143 Å². The third-order valence-electron chi connectivity index (χ3n) is 13.9. The molecular weight excluding hydrogens is 1150 g/mol. The molecule has 7 rings (SSSR count). The number of unbranched alkanes of at least 4 members (excludes halogenated alkanes) is 5. The maximum atomic E-state index is 12.8. The first-order valence-electron chi connectivity index (χ1n) is 25.3. The Hall–Kier alpha value is -4.68. The van der Waals surface area contributed by atoms with Crippen molar-refractivity contribution in [3.63, 3.8) is 0 Å². The Bertz CT molecular complexity index is 3460. The summed E-state index contributed by atoms with van der Waals surface area (Å²) < 4.78 is 126. The molecule has 2 aromatic heterocycles. The molecular formula is C47H65N8O20P3S2. The number of phosphoric ester groups is 1. The largest absolute Gasteiger partial charge is 0.744 e. The maximum Gasteiger partial charge on any atom is 0.490 e. The topological polar surface area (TPSA) is 412 Å². The summed E-state index contributed by atoms with van der Waals surface area (Å²) in [6, 6.07) is 8.97. The zero-order valence-corrected chi connectivity index (χ0v) is 48.4. The molecule has 1 fully saturated rings. The highest BCUT2D eigenvalue weighted by atomic mass is 32.2. The minimum Gasteiger partial charge on any atom is -0.744 e. The number of amides is 1. The van der Waals surface area contributed by atoms with Gasteiger partial charge in [0.15, 0.2) is 28.9 Å². The molecule has 6 atom stereocenters. The van der Waals surface area contributed by atoms with Crippen molar-refractivity contribution in [1.29, 1.82) is 0 Å². The van der Waals surface area contributed by atoms with Gasteiger partial charge in [0.05, 0.1) is 28.1 Å². The van der Waals surface area contributed by atoms with Crippen LogP contribution in [0.25, 0.3) is 11.2 Å². The van der Waals surface area contributed by atoms with E-state index >= 15 is 0 Å². The van der Waals surface area contributed by atoms with Crippen molar-refractivity contribution in [1.82, 2.24) is 24.8 Å². The molecule has 440 valence electrons. The van der Waals surface area contributed by atoms with Crippen LogP contribution in [0.4, 0.5) is 17.2 Å². The molecule has 3 aliphatic rings. The number of carbonyl (C=O) groups excluding carboxylic acids is 1. The van der Waals surface area contributed by atoms with Crippen LogP contribution in [0.2, 0.25) is 0 Å². The second-order valence-corrected chi connectivity index (χ2v) is 27.4. The van der Waals surface area contributed by atoms with Crippen molar-refractivity contribution in [3.05, 3.63) is 84.1 Å². The van der Waals surface area contributed by atoms with Gasteiger partial charge in [0.25, 0.3) is 10.1 Å². The molecule has 5 heterocycles. The first-order valence-corrected chi connectivity index (χ1v) is 32.6. The highest BCUT2D eigenvalue weighted by molar-refractivity contribution is 7.86. The highest BCUT2D eigenvalue weighted by Gasteiger charge is 2.48. The third-order valence-corrected chi connectivity index (χ3v) is 19.4. The average Bonchev–Trinajstić information content (AvgIpc) is 4.03. The molecule has 3 aliphatic heterocycles. The molecule has 4 aromatic rings. The molecule has 28 nitrogen and oxygen atoms in total. The van der Waals surface area contributed by atoms with Crippen LogP contribution < -0.4 is 15.5 Å². The molecule has 1 amide bonds. The Morgan fingerprint density at radius 3 is 2.20 bits per heavy atom. The molecule has 0 radical (unpaired) electrons. The van der Waals surface area contributed by atoms with Gasteiger partial charge in [-0.2, -0.15) is 21.6 Å². The van der Waals surface area contributed by atoms with Crippen molar-refractivity contribution in [3.8, 4) is 0 Å². The average molecular weight is 1220 g/mol. The van der Waals surface area contributed by atoms with Crippen LogP contribution in [0, 0.1) is 0 Å². The lowest BCUT2D eigenvalue weighted by Gasteiger charge is -2.25. The fourth-order valence-electron chi connectivity index (χ4n) is 10.0. The van der Waals surface area contributed by atoms with Gasteiger partial charge in [-0.25, -0.2) is 37.1 Å². The van der Waals surface area contributed by atoms with Crippen molar-refractivity contribution in [2.24, 2.45) is 0 Å². The summed E-state index contributed by atoms with van der Waals surface area (Å²) in [6.45, 7) is 11.0. The van der Waals surface area contributed by atoms with E-state index in [9.17, 15) is 64.4 Å². The second kappa shape index (κ2) is 24.6. The number of likely N-dealkylation sites (N-methyl/N-ethyl adjacent to an activating group) is 1. The van der Waals surface area contributed by atoms with Crippen LogP contribution in [0.15, 0.2) is 82.8 Å². The van der Waals surface area contributed by atoms with Crippen molar-refractivity contribution < 1.29 is 96.7 Å². The summed E-state index contributed by atoms with van der Waals surface area (Å²) >= 11 is 0. The van der Waals surface area contributed by atoms with Crippen LogP contribution in [0.1, 0.15) is 103 Å². The van der Waals surface area contributed by atoms with Gasteiger partial charge >= 0.3 is 23.5 Å². The molecule has 0 spiro atoms. The number of phosphoric acid groups is 3. The van der Waals surface area contributed by atoms with Crippen molar-refractivity contribution in [2.45, 2.75) is 131 Å². The number of carbonyl (C=O) groups is 1. The number of aliphatic hydroxyl groups excluding tert-OH is 2. The lowest BCUT2D eigenvalue weighted by molar-refractivity contribution is -0.438. The number of benzene rings is 2. The molecule has 2 unspecified atom stereocenters. The van der Waals surface area contributed by atoms with Gasteiger partial charge in [-0.3, -0.25) is 18.4 Å². The molecule has 1 saturated heterocycles. The molecule has 9 N–H and O–H groups in total. The highest BCUT2D eigenvalue weighted by Crippen LogP contribution is 2.66. The standard InChI is InChI=1S/C47H65N8O20P3S2/c1-6-53-34-20-18-30(79(66,67)68)25-32(34)46(2,3)37(53)15-14-16-38-47(4,5)33-26-31(80(69,70)71)19-21-35(33)54(38)24-13-9-10-17-39(56)48-22-11-7-8-12-23-49-43-40-44(51-28-50-43)55(29-52-40)45-42(58)41(57)36(73-45)27-72-77(62,63)75-78(64,65)74-76(59,60)61/h14-16,18-21,25-26,28-29,36,41-42,45,57-58H,6-13,17,22-24,27H2,1-5H3,(H7-,48,49,50,51,56,59,60,61,62,63,64,65,66,67,68,69,70,71)/t36-,41-,42-,45-/m1/s1. The predicted octanol–water partition coefficient (Wildman–Crippen LogP) is 4.92. The van der Waals surface area contributed by atoms with Gasteiger partial charge in [-0.15, -0.1) is 0 Å². The van der Waals surface area contributed by atoms with Gasteiger partial charge in [-0.05, 0) is 88.4 Å². The number of aromatic nitrogens is 4. The number of nitrogens with one attached hydrogen (secondary N) is 2. The minimum atomic E-state index is -5.79. The smallest absolute Gasteiger partial charge is 0.490 e. The fraction of sp³-hybridized carbons (Fsp3) is 0.511. The van der Waals surface area contributed by atoms with Crippen LogP contribution >= 0.6 is 23.5 Å². The zero-order valence-electron chi connectivity index (χ0n) is 44.1. The third kappa shape index (κ3) is 14.7. The molecule has 33 heteroatoms. The molecule has 2 aromatic carbocycles. The maximum absolute atomic E-state index is 12.8. The van der Waals surface area contributed by atoms with Crippen molar-refractivity contribution >= 4 is 83.7 Å². The number of hydrogen-bond acceptors (Lipinski definition) is 20. The van der Waals surface area contributed by atoms with E-state index in [4.69, 9.17) is 14.5 Å². The number of fused-ring (bicyclic) bond motifs is 3. The lowest BCUT2D eigenvalue weighted by Crippen LogP contribution is -2.33. The zero-order chi connectivity index (χ0) is 58.8. The van der Waals surface area contributed by atoms with E-state index in [-0.39, 0.29) is 26.9 Å². The van der Waals surface area contributed by atoms with E-state index in [0.717, 1.165) is 54.9 Å². The lowest BCUT2D eigenvalue weighted by atomic mass is 9.81. The Morgan fingerprint density at radius 1 is 0.850 bits per heavy atom. The fourth-order valence-corrected chi connectivity index (χ4v) is 14.1. The number of nitrogens with zero attached hydrogens (tertiary/aromatic N) is 6. The number of hydrogen-bond donors (Lipinski definition) is 9. The summed E-state index contributed by atoms with van der Waals surface area (Å²) in [5, 5.41) is 27.5. The number of anilines is 2. The van der Waals surface area contributed by atoms with Crippen LogP contribution in [-0.2, 0) is 67.4 Å². The molecule has 0 saturated carbocycles. The molecule has 0 bridgehead atoms. The summed E-state index contributed by atoms with van der Waals surface area (Å²) in [6.07, 6.45) is 7.53. The second-order valence-electron chi connectivity index (χ2n) is 20.2. The number of rotatable bonds is 27. The Morgan fingerprint density at radius 2 is 1.52 bits per heavy atom. The first kappa shape index (κ1) is 62.9. The van der Waals surface area contributed by atoms with Gasteiger partial charge in [0.1, 0.15) is 41.3 Å². The molecule has 0 aliphatic carbocycles.